The van der Waals surface area contributed by atoms with Crippen LogP contribution in [0.2, 0.25) is 0 Å². The van der Waals surface area contributed by atoms with Crippen LogP contribution in [0.1, 0.15) is 29.8 Å². The number of rotatable bonds is 4. The minimum atomic E-state index is -1.05. The molecule has 0 amide bonds. The molecule has 1 aliphatic rings. The van der Waals surface area contributed by atoms with E-state index in [1.54, 1.807) is 12.1 Å². The smallest absolute Gasteiger partial charge is 0.354 e. The third kappa shape index (κ3) is 2.10. The number of nitrogens with one attached hydrogen (secondary N) is 1. The van der Waals surface area contributed by atoms with Crippen LogP contribution in [0.5, 0.6) is 0 Å². The lowest BCUT2D eigenvalue weighted by atomic mass is 9.77. The Hall–Kier alpha value is -2.14. The number of aliphatic hydroxyl groups is 1. The van der Waals surface area contributed by atoms with Crippen molar-refractivity contribution in [3.63, 3.8) is 0 Å². The molecule has 5 nitrogen and oxygen atoms in total. The Labute approximate surface area is 116 Å². The van der Waals surface area contributed by atoms with E-state index in [0.717, 1.165) is 30.3 Å². The maximum atomic E-state index is 11.2. The van der Waals surface area contributed by atoms with Crippen molar-refractivity contribution in [3.8, 4) is 0 Å². The molecular weight excluding hydrogens is 256 g/mol. The van der Waals surface area contributed by atoms with Crippen LogP contribution < -0.4 is 5.32 Å². The van der Waals surface area contributed by atoms with Gasteiger partial charge in [-0.1, -0.05) is 18.2 Å². The molecule has 1 fully saturated rings. The quantitative estimate of drug-likeness (QED) is 0.795. The van der Waals surface area contributed by atoms with Crippen molar-refractivity contribution in [2.24, 2.45) is 0 Å². The molecule has 1 aromatic carbocycles. The second kappa shape index (κ2) is 4.76. The van der Waals surface area contributed by atoms with E-state index in [1.807, 2.05) is 18.2 Å². The third-order valence-corrected chi connectivity index (χ3v) is 3.95. The fourth-order valence-corrected chi connectivity index (χ4v) is 2.60. The topological polar surface area (TPSA) is 82.5 Å². The van der Waals surface area contributed by atoms with Gasteiger partial charge >= 0.3 is 5.97 Å². The van der Waals surface area contributed by atoms with Gasteiger partial charge in [0.2, 0.25) is 0 Å². The number of hydrogen-bond donors (Lipinski definition) is 3. The maximum Gasteiger partial charge on any atom is 0.354 e. The van der Waals surface area contributed by atoms with Crippen molar-refractivity contribution in [3.05, 3.63) is 36.0 Å². The van der Waals surface area contributed by atoms with Gasteiger partial charge in [-0.25, -0.2) is 9.78 Å². The number of aromatic carboxylic acids is 1. The monoisotopic (exact) mass is 272 g/mol. The summed E-state index contributed by atoms with van der Waals surface area (Å²) in [4.78, 5) is 15.3. The molecule has 1 aliphatic carbocycles. The molecule has 3 N–H and O–H groups in total. The van der Waals surface area contributed by atoms with Crippen LogP contribution in [-0.4, -0.2) is 33.3 Å². The highest BCUT2D eigenvalue weighted by atomic mass is 16.4. The Morgan fingerprint density at radius 2 is 2.10 bits per heavy atom. The Balaban J connectivity index is 2.10. The highest BCUT2D eigenvalue weighted by Gasteiger charge is 2.36. The average Bonchev–Trinajstić information content (AvgIpc) is 2.42. The van der Waals surface area contributed by atoms with E-state index in [2.05, 4.69) is 10.3 Å². The summed E-state index contributed by atoms with van der Waals surface area (Å²) in [6.45, 7) is 0.0477. The minimum Gasteiger partial charge on any atom is -0.477 e. The number of para-hydroxylation sites is 1. The Bertz CT molecular complexity index is 660. The van der Waals surface area contributed by atoms with Crippen molar-refractivity contribution in [2.45, 2.75) is 24.8 Å². The highest BCUT2D eigenvalue weighted by molar-refractivity contribution is 5.97. The SMILES string of the molecule is O=C(O)c1cc(NC2(CO)CCC2)c2ccccc2n1. The zero-order valence-electron chi connectivity index (χ0n) is 11.0. The average molecular weight is 272 g/mol. The number of carbonyl (C=O) groups is 1. The van der Waals surface area contributed by atoms with Gasteiger partial charge in [0.25, 0.3) is 0 Å². The van der Waals surface area contributed by atoms with Gasteiger partial charge in [0, 0.05) is 11.1 Å². The van der Waals surface area contributed by atoms with Crippen LogP contribution in [0.4, 0.5) is 5.69 Å². The van der Waals surface area contributed by atoms with Gasteiger partial charge in [-0.05, 0) is 31.4 Å². The molecule has 0 spiro atoms. The molecule has 0 radical (unpaired) electrons. The van der Waals surface area contributed by atoms with Crippen LogP contribution in [0.25, 0.3) is 10.9 Å². The Kier molecular flexibility index (Phi) is 3.06. The number of anilines is 1. The van der Waals surface area contributed by atoms with E-state index in [1.165, 1.54) is 0 Å². The number of nitrogens with zero attached hydrogens (tertiary/aromatic N) is 1. The fourth-order valence-electron chi connectivity index (χ4n) is 2.60. The standard InChI is InChI=1S/C15H16N2O3/c18-9-15(6-3-7-15)17-12-8-13(14(19)20)16-11-5-2-1-4-10(11)12/h1-2,4-5,8,18H,3,6-7,9H2,(H,16,17)(H,19,20). The third-order valence-electron chi connectivity index (χ3n) is 3.95. The lowest BCUT2D eigenvalue weighted by Gasteiger charge is -2.42. The van der Waals surface area contributed by atoms with Gasteiger partial charge < -0.3 is 15.5 Å². The molecule has 104 valence electrons. The summed E-state index contributed by atoms with van der Waals surface area (Å²) in [6, 6.07) is 8.96. The van der Waals surface area contributed by atoms with Crippen molar-refractivity contribution < 1.29 is 15.0 Å². The van der Waals surface area contributed by atoms with Crippen molar-refractivity contribution >= 4 is 22.6 Å². The number of carboxylic acid groups (broad SMARTS) is 1. The normalized spacial score (nSPS) is 16.6. The number of aliphatic hydroxyl groups excluding tert-OH is 1. The lowest BCUT2D eigenvalue weighted by molar-refractivity contribution is 0.0691. The summed E-state index contributed by atoms with van der Waals surface area (Å²) in [5.41, 5.74) is 1.06. The van der Waals surface area contributed by atoms with E-state index in [0.29, 0.717) is 5.52 Å². The Morgan fingerprint density at radius 3 is 2.70 bits per heavy atom. The number of hydrogen-bond acceptors (Lipinski definition) is 4. The van der Waals surface area contributed by atoms with Crippen molar-refractivity contribution in [1.29, 1.82) is 0 Å². The highest BCUT2D eigenvalue weighted by Crippen LogP contribution is 2.36. The summed E-state index contributed by atoms with van der Waals surface area (Å²) in [5, 5.41) is 22.9. The molecule has 0 atom stereocenters. The molecule has 1 saturated carbocycles. The Morgan fingerprint density at radius 1 is 1.35 bits per heavy atom. The molecule has 0 aliphatic heterocycles. The number of benzene rings is 1. The van der Waals surface area contributed by atoms with E-state index in [-0.39, 0.29) is 17.8 Å². The number of pyridine rings is 1. The van der Waals surface area contributed by atoms with Gasteiger partial charge in [0.15, 0.2) is 5.69 Å². The molecular formula is C15H16N2O3. The van der Waals surface area contributed by atoms with Gasteiger partial charge in [-0.2, -0.15) is 0 Å². The molecule has 2 aromatic rings. The lowest BCUT2D eigenvalue weighted by Crippen LogP contribution is -2.48. The first-order valence-corrected chi connectivity index (χ1v) is 6.66. The van der Waals surface area contributed by atoms with Crippen LogP contribution in [-0.2, 0) is 0 Å². The van der Waals surface area contributed by atoms with Crippen molar-refractivity contribution in [2.75, 3.05) is 11.9 Å². The number of carboxylic acids is 1. The largest absolute Gasteiger partial charge is 0.477 e. The first kappa shape index (κ1) is 12.9. The summed E-state index contributed by atoms with van der Waals surface area (Å²) >= 11 is 0. The van der Waals surface area contributed by atoms with Gasteiger partial charge in [0.1, 0.15) is 0 Å². The second-order valence-electron chi connectivity index (χ2n) is 5.29. The van der Waals surface area contributed by atoms with Gasteiger partial charge in [0.05, 0.1) is 17.7 Å². The summed E-state index contributed by atoms with van der Waals surface area (Å²) < 4.78 is 0. The zero-order valence-corrected chi connectivity index (χ0v) is 11.0. The summed E-state index contributed by atoms with van der Waals surface area (Å²) in [6.07, 6.45) is 2.85. The first-order chi connectivity index (χ1) is 9.63. The van der Waals surface area contributed by atoms with Crippen molar-refractivity contribution in [1.82, 2.24) is 4.98 Å². The van der Waals surface area contributed by atoms with Crippen LogP contribution in [0, 0.1) is 0 Å². The number of aromatic nitrogens is 1. The zero-order chi connectivity index (χ0) is 14.2. The summed E-state index contributed by atoms with van der Waals surface area (Å²) in [5.74, 6) is -1.05. The molecule has 3 rings (SSSR count). The predicted octanol–water partition coefficient (Wildman–Crippen LogP) is 2.26. The number of fused-ring (bicyclic) bond motifs is 1. The molecule has 1 heterocycles. The molecule has 0 bridgehead atoms. The van der Waals surface area contributed by atoms with Crippen LogP contribution in [0.3, 0.4) is 0 Å². The maximum absolute atomic E-state index is 11.2. The van der Waals surface area contributed by atoms with Gasteiger partial charge in [-0.15, -0.1) is 0 Å². The van der Waals surface area contributed by atoms with E-state index >= 15 is 0 Å². The fraction of sp³-hybridized carbons (Fsp3) is 0.333. The van der Waals surface area contributed by atoms with Crippen LogP contribution >= 0.6 is 0 Å². The molecule has 0 saturated heterocycles. The molecule has 5 heteroatoms. The summed E-state index contributed by atoms with van der Waals surface area (Å²) in [7, 11) is 0. The minimum absolute atomic E-state index is 0.0126. The molecule has 20 heavy (non-hydrogen) atoms. The predicted molar refractivity (Wildman–Crippen MR) is 76.0 cm³/mol. The van der Waals surface area contributed by atoms with E-state index < -0.39 is 5.97 Å². The molecule has 1 aromatic heterocycles. The second-order valence-corrected chi connectivity index (χ2v) is 5.29. The molecule has 0 unspecified atom stereocenters. The van der Waals surface area contributed by atoms with Crippen LogP contribution in [0.15, 0.2) is 30.3 Å². The van der Waals surface area contributed by atoms with E-state index in [9.17, 15) is 9.90 Å². The van der Waals surface area contributed by atoms with Gasteiger partial charge in [-0.3, -0.25) is 0 Å². The van der Waals surface area contributed by atoms with E-state index in [4.69, 9.17) is 5.11 Å². The first-order valence-electron chi connectivity index (χ1n) is 6.66.